The van der Waals surface area contributed by atoms with Crippen LogP contribution in [0, 0.1) is 0 Å². The molecule has 0 aliphatic rings. The molecule has 164 valence electrons. The van der Waals surface area contributed by atoms with Gasteiger partial charge >= 0.3 is 12.1 Å². The average Bonchev–Trinajstić information content (AvgIpc) is 2.37. The van der Waals surface area contributed by atoms with E-state index in [2.05, 4.69) is 10.6 Å². The predicted molar refractivity (Wildman–Crippen MR) is 107 cm³/mol. The van der Waals surface area contributed by atoms with Crippen molar-refractivity contribution >= 4 is 18.0 Å². The summed E-state index contributed by atoms with van der Waals surface area (Å²) in [5.41, 5.74) is -1.93. The van der Waals surface area contributed by atoms with Gasteiger partial charge in [0, 0.05) is 0 Å². The molecular formula is C20H38N2O6. The standard InChI is InChI=1S/C20H38N2O6/c1-12(21-17(25)28-20(9,10)11)15(23)22-14(13(2)26-18(3,4)5)16(24)27-19(6,7)8/h12-14H,1-11H3,(H,21,25)(H,22,23)/t12-,13+,14-/m0/s1. The monoisotopic (exact) mass is 402 g/mol. The van der Waals surface area contributed by atoms with E-state index < -0.39 is 53.0 Å². The number of nitrogens with one attached hydrogen (secondary N) is 2. The summed E-state index contributed by atoms with van der Waals surface area (Å²) in [5, 5.41) is 5.07. The molecule has 0 aromatic carbocycles. The molecule has 0 heterocycles. The second-order valence-corrected chi connectivity index (χ2v) is 9.82. The van der Waals surface area contributed by atoms with Crippen molar-refractivity contribution in [1.29, 1.82) is 0 Å². The molecule has 0 radical (unpaired) electrons. The van der Waals surface area contributed by atoms with Crippen LogP contribution in [-0.4, -0.2) is 53.0 Å². The molecule has 0 aromatic rings. The Labute approximate surface area is 169 Å². The van der Waals surface area contributed by atoms with E-state index in [1.54, 1.807) is 48.5 Å². The summed E-state index contributed by atoms with van der Waals surface area (Å²) in [4.78, 5) is 37.0. The van der Waals surface area contributed by atoms with Gasteiger partial charge in [-0.25, -0.2) is 9.59 Å². The van der Waals surface area contributed by atoms with Crippen molar-refractivity contribution in [3.05, 3.63) is 0 Å². The zero-order valence-corrected chi connectivity index (χ0v) is 19.2. The van der Waals surface area contributed by atoms with Gasteiger partial charge in [-0.15, -0.1) is 0 Å². The van der Waals surface area contributed by atoms with E-state index in [0.717, 1.165) is 0 Å². The number of hydrogen-bond acceptors (Lipinski definition) is 6. The maximum Gasteiger partial charge on any atom is 0.408 e. The van der Waals surface area contributed by atoms with Gasteiger partial charge in [-0.1, -0.05) is 0 Å². The first kappa shape index (κ1) is 26.2. The van der Waals surface area contributed by atoms with Crippen LogP contribution in [0.25, 0.3) is 0 Å². The summed E-state index contributed by atoms with van der Waals surface area (Å²) in [7, 11) is 0. The summed E-state index contributed by atoms with van der Waals surface area (Å²) < 4.78 is 16.4. The van der Waals surface area contributed by atoms with Crippen LogP contribution in [0.1, 0.15) is 76.2 Å². The first-order chi connectivity index (χ1) is 12.3. The smallest absolute Gasteiger partial charge is 0.408 e. The Balaban J connectivity index is 5.22. The highest BCUT2D eigenvalue weighted by Crippen LogP contribution is 2.16. The Morgan fingerprint density at radius 1 is 0.714 bits per heavy atom. The number of carbonyl (C=O) groups excluding carboxylic acids is 3. The maximum atomic E-state index is 12.6. The van der Waals surface area contributed by atoms with Crippen molar-refractivity contribution < 1.29 is 28.6 Å². The van der Waals surface area contributed by atoms with Crippen LogP contribution in [0.5, 0.6) is 0 Å². The lowest BCUT2D eigenvalue weighted by Crippen LogP contribution is -2.56. The van der Waals surface area contributed by atoms with Gasteiger partial charge in [0.2, 0.25) is 5.91 Å². The van der Waals surface area contributed by atoms with Crippen LogP contribution >= 0.6 is 0 Å². The van der Waals surface area contributed by atoms with Crippen molar-refractivity contribution in [1.82, 2.24) is 10.6 Å². The Kier molecular flexibility index (Phi) is 8.96. The highest BCUT2D eigenvalue weighted by molar-refractivity contribution is 5.89. The molecule has 0 saturated heterocycles. The van der Waals surface area contributed by atoms with Gasteiger partial charge in [0.05, 0.1) is 11.7 Å². The number of rotatable bonds is 6. The summed E-state index contributed by atoms with van der Waals surface area (Å²) in [6, 6.07) is -1.95. The fourth-order valence-electron chi connectivity index (χ4n) is 2.19. The predicted octanol–water partition coefficient (Wildman–Crippen LogP) is 2.93. The highest BCUT2D eigenvalue weighted by atomic mass is 16.6. The zero-order valence-electron chi connectivity index (χ0n) is 19.2. The van der Waals surface area contributed by atoms with Gasteiger partial charge < -0.3 is 24.8 Å². The molecule has 0 fully saturated rings. The van der Waals surface area contributed by atoms with Gasteiger partial charge in [0.25, 0.3) is 0 Å². The lowest BCUT2D eigenvalue weighted by atomic mass is 10.1. The maximum absolute atomic E-state index is 12.6. The van der Waals surface area contributed by atoms with E-state index in [1.807, 2.05) is 20.8 Å². The molecule has 8 heteroatoms. The Bertz CT molecular complexity index is 555. The summed E-state index contributed by atoms with van der Waals surface area (Å²) in [5.74, 6) is -1.16. The molecule has 28 heavy (non-hydrogen) atoms. The summed E-state index contributed by atoms with van der Waals surface area (Å²) >= 11 is 0. The highest BCUT2D eigenvalue weighted by Gasteiger charge is 2.35. The molecule has 0 aliphatic heterocycles. The molecule has 2 N–H and O–H groups in total. The minimum absolute atomic E-state index is 0.523. The van der Waals surface area contributed by atoms with Crippen LogP contribution in [0.3, 0.4) is 0 Å². The first-order valence-electron chi connectivity index (χ1n) is 9.51. The minimum Gasteiger partial charge on any atom is -0.458 e. The van der Waals surface area contributed by atoms with Crippen molar-refractivity contribution in [2.75, 3.05) is 0 Å². The molecule has 2 amide bonds. The fraction of sp³-hybridized carbons (Fsp3) is 0.850. The van der Waals surface area contributed by atoms with Gasteiger partial charge in [0.15, 0.2) is 6.04 Å². The molecule has 0 aromatic heterocycles. The molecule has 0 rings (SSSR count). The number of amides is 2. The van der Waals surface area contributed by atoms with E-state index in [0.29, 0.717) is 0 Å². The Morgan fingerprint density at radius 3 is 1.57 bits per heavy atom. The van der Waals surface area contributed by atoms with E-state index in [1.165, 1.54) is 6.92 Å². The normalized spacial score (nSPS) is 15.8. The quantitative estimate of drug-likeness (QED) is 0.662. The number of esters is 1. The van der Waals surface area contributed by atoms with E-state index in [4.69, 9.17) is 14.2 Å². The first-order valence-corrected chi connectivity index (χ1v) is 9.51. The molecule has 3 atom stereocenters. The second kappa shape index (κ2) is 9.58. The van der Waals surface area contributed by atoms with Crippen molar-refractivity contribution in [2.24, 2.45) is 0 Å². The number of ether oxygens (including phenoxy) is 3. The van der Waals surface area contributed by atoms with E-state index in [-0.39, 0.29) is 0 Å². The number of alkyl carbamates (subject to hydrolysis) is 1. The van der Waals surface area contributed by atoms with Crippen LogP contribution < -0.4 is 10.6 Å². The van der Waals surface area contributed by atoms with Crippen LogP contribution in [0.4, 0.5) is 4.79 Å². The third-order valence-corrected chi connectivity index (χ3v) is 3.09. The molecule has 8 nitrogen and oxygen atoms in total. The van der Waals surface area contributed by atoms with Crippen molar-refractivity contribution in [3.63, 3.8) is 0 Å². The molecule has 0 unspecified atom stereocenters. The lowest BCUT2D eigenvalue weighted by Gasteiger charge is -2.32. The third-order valence-electron chi connectivity index (χ3n) is 3.09. The van der Waals surface area contributed by atoms with E-state index >= 15 is 0 Å². The van der Waals surface area contributed by atoms with Crippen LogP contribution in [0.2, 0.25) is 0 Å². The number of hydrogen-bond donors (Lipinski definition) is 2. The minimum atomic E-state index is -1.03. The summed E-state index contributed by atoms with van der Waals surface area (Å²) in [6.45, 7) is 19.1. The number of carbonyl (C=O) groups is 3. The molecular weight excluding hydrogens is 364 g/mol. The Morgan fingerprint density at radius 2 is 1.18 bits per heavy atom. The SMILES string of the molecule is C[C@H](NC(=O)OC(C)(C)C)C(=O)N[C@H](C(=O)OC(C)(C)C)[C@@H](C)OC(C)(C)C. The third kappa shape index (κ3) is 11.8. The topological polar surface area (TPSA) is 103 Å². The van der Waals surface area contributed by atoms with Crippen LogP contribution in [-0.2, 0) is 23.8 Å². The van der Waals surface area contributed by atoms with Gasteiger partial charge in [-0.3, -0.25) is 4.79 Å². The van der Waals surface area contributed by atoms with Crippen molar-refractivity contribution in [2.45, 2.75) is 111 Å². The van der Waals surface area contributed by atoms with Gasteiger partial charge in [0.1, 0.15) is 17.2 Å². The van der Waals surface area contributed by atoms with Crippen LogP contribution in [0.15, 0.2) is 0 Å². The zero-order chi connectivity index (χ0) is 22.5. The molecule has 0 saturated carbocycles. The second-order valence-electron chi connectivity index (χ2n) is 9.82. The fourth-order valence-corrected chi connectivity index (χ4v) is 2.19. The summed E-state index contributed by atoms with van der Waals surface area (Å²) in [6.07, 6.45) is -1.37. The average molecular weight is 403 g/mol. The lowest BCUT2D eigenvalue weighted by molar-refractivity contribution is -0.166. The Hall–Kier alpha value is -1.83. The van der Waals surface area contributed by atoms with Crippen molar-refractivity contribution in [3.8, 4) is 0 Å². The van der Waals surface area contributed by atoms with E-state index in [9.17, 15) is 14.4 Å². The van der Waals surface area contributed by atoms with Gasteiger partial charge in [-0.2, -0.15) is 0 Å². The largest absolute Gasteiger partial charge is 0.458 e. The molecule has 0 aliphatic carbocycles. The van der Waals surface area contributed by atoms with Gasteiger partial charge in [-0.05, 0) is 76.2 Å². The molecule has 0 spiro atoms. The molecule has 0 bridgehead atoms.